The number of nitrogens with zero attached hydrogens (tertiary/aromatic N) is 1. The molecule has 0 bridgehead atoms. The van der Waals surface area contributed by atoms with Gasteiger partial charge in [-0.25, -0.2) is 0 Å². The molecule has 1 saturated heterocycles. The van der Waals surface area contributed by atoms with Crippen molar-refractivity contribution in [3.63, 3.8) is 0 Å². The van der Waals surface area contributed by atoms with Gasteiger partial charge in [-0.3, -0.25) is 9.59 Å². The van der Waals surface area contributed by atoms with Crippen molar-refractivity contribution in [2.75, 3.05) is 0 Å². The molecule has 2 atom stereocenters. The minimum Gasteiger partial charge on any atom is -0.342 e. The van der Waals surface area contributed by atoms with Gasteiger partial charge in [0.25, 0.3) is 0 Å². The van der Waals surface area contributed by atoms with Gasteiger partial charge in [0, 0.05) is 6.42 Å². The van der Waals surface area contributed by atoms with Gasteiger partial charge in [-0.2, -0.15) is 0 Å². The summed E-state index contributed by atoms with van der Waals surface area (Å²) in [4.78, 5) is 26.4. The number of piperazine rings is 1. The first-order valence-electron chi connectivity index (χ1n) is 7.02. The largest absolute Gasteiger partial charge is 0.342 e. The van der Waals surface area contributed by atoms with Gasteiger partial charge >= 0.3 is 0 Å². The van der Waals surface area contributed by atoms with Crippen molar-refractivity contribution in [2.45, 2.75) is 44.8 Å². The average molecular weight is 284 g/mol. The van der Waals surface area contributed by atoms with Crippen LogP contribution in [0.3, 0.4) is 0 Å². The van der Waals surface area contributed by atoms with Gasteiger partial charge in [0.05, 0.1) is 5.54 Å². The number of rotatable bonds is 3. The van der Waals surface area contributed by atoms with Gasteiger partial charge in [-0.15, -0.1) is 6.42 Å². The van der Waals surface area contributed by atoms with E-state index in [4.69, 9.17) is 6.42 Å². The molecule has 1 fully saturated rings. The molecule has 1 aromatic rings. The first-order valence-corrected chi connectivity index (χ1v) is 7.02. The molecule has 4 heteroatoms. The summed E-state index contributed by atoms with van der Waals surface area (Å²) in [5.41, 5.74) is 0.215. The van der Waals surface area contributed by atoms with Crippen molar-refractivity contribution in [1.29, 1.82) is 0 Å². The van der Waals surface area contributed by atoms with Crippen LogP contribution in [0.15, 0.2) is 30.3 Å². The van der Waals surface area contributed by atoms with E-state index in [0.717, 1.165) is 5.56 Å². The molecule has 21 heavy (non-hydrogen) atoms. The van der Waals surface area contributed by atoms with Crippen LogP contribution in [0.4, 0.5) is 0 Å². The highest BCUT2D eigenvalue weighted by molar-refractivity contribution is 5.97. The maximum atomic E-state index is 12.7. The van der Waals surface area contributed by atoms with Crippen LogP contribution in [0.2, 0.25) is 0 Å². The Balaban J connectivity index is 2.27. The molecule has 0 aliphatic carbocycles. The quantitative estimate of drug-likeness (QED) is 0.852. The van der Waals surface area contributed by atoms with Crippen LogP contribution < -0.4 is 5.32 Å². The van der Waals surface area contributed by atoms with E-state index in [0.29, 0.717) is 6.42 Å². The zero-order valence-corrected chi connectivity index (χ0v) is 12.6. The van der Waals surface area contributed by atoms with Crippen LogP contribution in [-0.2, 0) is 16.0 Å². The van der Waals surface area contributed by atoms with E-state index in [-0.39, 0.29) is 11.8 Å². The van der Waals surface area contributed by atoms with Crippen molar-refractivity contribution in [3.8, 4) is 12.3 Å². The minimum atomic E-state index is -0.788. The number of carbonyl (C=O) groups is 2. The average Bonchev–Trinajstić information content (AvgIpc) is 2.46. The molecule has 1 heterocycles. The van der Waals surface area contributed by atoms with E-state index < -0.39 is 17.6 Å². The van der Waals surface area contributed by atoms with Crippen LogP contribution in [0.5, 0.6) is 0 Å². The van der Waals surface area contributed by atoms with E-state index in [2.05, 4.69) is 11.2 Å². The predicted molar refractivity (Wildman–Crippen MR) is 81.3 cm³/mol. The maximum Gasteiger partial charge on any atom is 0.247 e. The molecule has 1 aliphatic rings. The van der Waals surface area contributed by atoms with Crippen molar-refractivity contribution in [2.24, 2.45) is 0 Å². The molecule has 2 amide bonds. The standard InChI is InChI=1S/C17H20N2O2/c1-5-17(3,4)19-12(2)15(20)18-14(16(19)21)11-13-9-7-6-8-10-13/h1,6-10,12,14H,11H2,2-4H3,(H,18,20). The van der Waals surface area contributed by atoms with E-state index in [1.165, 1.54) is 4.90 Å². The van der Waals surface area contributed by atoms with Crippen LogP contribution in [-0.4, -0.2) is 34.3 Å². The molecule has 0 radical (unpaired) electrons. The van der Waals surface area contributed by atoms with Gasteiger partial charge in [0.1, 0.15) is 12.1 Å². The number of carbonyl (C=O) groups excluding carboxylic acids is 2. The normalized spacial score (nSPS) is 22.7. The van der Waals surface area contributed by atoms with Gasteiger partial charge in [-0.05, 0) is 26.3 Å². The Bertz CT molecular complexity index is 587. The highest BCUT2D eigenvalue weighted by Crippen LogP contribution is 2.23. The lowest BCUT2D eigenvalue weighted by molar-refractivity contribution is -0.152. The predicted octanol–water partition coefficient (Wildman–Crippen LogP) is 1.36. The molecule has 4 nitrogen and oxygen atoms in total. The lowest BCUT2D eigenvalue weighted by Gasteiger charge is -2.44. The lowest BCUT2D eigenvalue weighted by atomic mass is 9.94. The SMILES string of the molecule is C#CC(C)(C)N1C(=O)C(Cc2ccccc2)NC(=O)C1C. The second-order valence-corrected chi connectivity index (χ2v) is 5.84. The maximum absolute atomic E-state index is 12.7. The molecule has 2 rings (SSSR count). The van der Waals surface area contributed by atoms with E-state index in [1.807, 2.05) is 30.3 Å². The molecule has 110 valence electrons. The molecular formula is C17H20N2O2. The summed E-state index contributed by atoms with van der Waals surface area (Å²) in [6.07, 6.45) is 6.00. The zero-order valence-electron chi connectivity index (χ0n) is 12.6. The first-order chi connectivity index (χ1) is 9.86. The summed E-state index contributed by atoms with van der Waals surface area (Å²) in [7, 11) is 0. The number of amides is 2. The van der Waals surface area contributed by atoms with Crippen LogP contribution in [0.1, 0.15) is 26.3 Å². The summed E-state index contributed by atoms with van der Waals surface area (Å²) in [6, 6.07) is 8.49. The summed E-state index contributed by atoms with van der Waals surface area (Å²) in [5, 5.41) is 2.79. The molecule has 1 N–H and O–H groups in total. The van der Waals surface area contributed by atoms with Crippen molar-refractivity contribution in [1.82, 2.24) is 10.2 Å². The zero-order chi connectivity index (χ0) is 15.6. The van der Waals surface area contributed by atoms with Crippen molar-refractivity contribution in [3.05, 3.63) is 35.9 Å². The van der Waals surface area contributed by atoms with E-state index in [1.54, 1.807) is 20.8 Å². The molecule has 0 saturated carbocycles. The number of nitrogens with one attached hydrogen (secondary N) is 1. The lowest BCUT2D eigenvalue weighted by Crippen LogP contribution is -2.67. The Labute approximate surface area is 125 Å². The number of benzene rings is 1. The van der Waals surface area contributed by atoms with Crippen LogP contribution in [0, 0.1) is 12.3 Å². The van der Waals surface area contributed by atoms with Crippen molar-refractivity contribution >= 4 is 11.8 Å². The number of terminal acetylenes is 1. The Morgan fingerprint density at radius 3 is 2.48 bits per heavy atom. The third-order valence-electron chi connectivity index (χ3n) is 3.86. The number of hydrogen-bond donors (Lipinski definition) is 1. The molecule has 1 aromatic carbocycles. The highest BCUT2D eigenvalue weighted by atomic mass is 16.2. The Kier molecular flexibility index (Phi) is 4.04. The Hall–Kier alpha value is -2.28. The molecule has 1 aliphatic heterocycles. The van der Waals surface area contributed by atoms with Crippen LogP contribution >= 0.6 is 0 Å². The third kappa shape index (κ3) is 2.92. The Morgan fingerprint density at radius 1 is 1.29 bits per heavy atom. The third-order valence-corrected chi connectivity index (χ3v) is 3.86. The number of hydrogen-bond acceptors (Lipinski definition) is 2. The second kappa shape index (κ2) is 5.61. The molecule has 0 aromatic heterocycles. The molecular weight excluding hydrogens is 264 g/mol. The summed E-state index contributed by atoms with van der Waals surface area (Å²) < 4.78 is 0. The van der Waals surface area contributed by atoms with E-state index in [9.17, 15) is 9.59 Å². The molecule has 0 spiro atoms. The second-order valence-electron chi connectivity index (χ2n) is 5.84. The topological polar surface area (TPSA) is 49.4 Å². The minimum absolute atomic E-state index is 0.131. The molecule has 2 unspecified atom stereocenters. The smallest absolute Gasteiger partial charge is 0.247 e. The fourth-order valence-corrected chi connectivity index (χ4v) is 2.65. The fourth-order valence-electron chi connectivity index (χ4n) is 2.65. The van der Waals surface area contributed by atoms with Gasteiger partial charge in [0.15, 0.2) is 0 Å². The highest BCUT2D eigenvalue weighted by Gasteiger charge is 2.44. The van der Waals surface area contributed by atoms with Gasteiger partial charge in [0.2, 0.25) is 11.8 Å². The van der Waals surface area contributed by atoms with Gasteiger partial charge in [-0.1, -0.05) is 36.3 Å². The summed E-state index contributed by atoms with van der Waals surface area (Å²) >= 11 is 0. The van der Waals surface area contributed by atoms with E-state index >= 15 is 0 Å². The first kappa shape index (κ1) is 15.1. The fraction of sp³-hybridized carbons (Fsp3) is 0.412. The van der Waals surface area contributed by atoms with Crippen LogP contribution in [0.25, 0.3) is 0 Å². The Morgan fingerprint density at radius 2 is 1.90 bits per heavy atom. The summed E-state index contributed by atoms with van der Waals surface area (Å²) in [5.74, 6) is 2.30. The van der Waals surface area contributed by atoms with Gasteiger partial charge < -0.3 is 10.2 Å². The van der Waals surface area contributed by atoms with Crippen molar-refractivity contribution < 1.29 is 9.59 Å². The summed E-state index contributed by atoms with van der Waals surface area (Å²) in [6.45, 7) is 5.25. The monoisotopic (exact) mass is 284 g/mol.